The Kier molecular flexibility index (Phi) is 3.21. The summed E-state index contributed by atoms with van der Waals surface area (Å²) in [5.41, 5.74) is 5.19. The van der Waals surface area contributed by atoms with Crippen LogP contribution in [0.4, 0.5) is 13.2 Å². The quantitative estimate of drug-likeness (QED) is 0.829. The average molecular weight is 230 g/mol. The number of alkyl halides is 3. The molecule has 0 radical (unpaired) electrons. The van der Waals surface area contributed by atoms with Crippen LogP contribution in [0, 0.1) is 0 Å². The molecule has 1 rings (SSSR count). The Labute approximate surface area is 82.3 Å². The first-order valence-electron chi connectivity index (χ1n) is 3.46. The van der Waals surface area contributed by atoms with Crippen LogP contribution in [-0.4, -0.2) is 12.7 Å². The largest absolute Gasteiger partial charge is 0.396 e. The highest BCUT2D eigenvalue weighted by Crippen LogP contribution is 2.36. The zero-order valence-corrected chi connectivity index (χ0v) is 8.01. The van der Waals surface area contributed by atoms with Crippen LogP contribution >= 0.6 is 22.9 Å². The first-order chi connectivity index (χ1) is 5.95. The fourth-order valence-corrected chi connectivity index (χ4v) is 1.91. The molecule has 0 saturated carbocycles. The second kappa shape index (κ2) is 3.86. The third kappa shape index (κ3) is 2.59. The SMILES string of the molecule is NCC(c1csc(Cl)c1)C(F)(F)F. The number of nitrogens with two attached hydrogens (primary N) is 1. The molecule has 1 unspecified atom stereocenters. The third-order valence-electron chi connectivity index (χ3n) is 1.62. The van der Waals surface area contributed by atoms with Gasteiger partial charge in [0.1, 0.15) is 0 Å². The van der Waals surface area contributed by atoms with E-state index in [9.17, 15) is 13.2 Å². The first-order valence-corrected chi connectivity index (χ1v) is 4.71. The summed E-state index contributed by atoms with van der Waals surface area (Å²) in [4.78, 5) is 0. The van der Waals surface area contributed by atoms with Gasteiger partial charge in [0.2, 0.25) is 0 Å². The maximum atomic E-state index is 12.3. The van der Waals surface area contributed by atoms with Crippen LogP contribution in [-0.2, 0) is 0 Å². The molecular formula is C7H7ClF3NS. The lowest BCUT2D eigenvalue weighted by Crippen LogP contribution is -2.27. The highest BCUT2D eigenvalue weighted by molar-refractivity contribution is 7.14. The zero-order chi connectivity index (χ0) is 10.1. The van der Waals surface area contributed by atoms with E-state index < -0.39 is 18.6 Å². The van der Waals surface area contributed by atoms with Crippen LogP contribution in [0.15, 0.2) is 11.4 Å². The van der Waals surface area contributed by atoms with Crippen molar-refractivity contribution in [2.24, 2.45) is 5.73 Å². The van der Waals surface area contributed by atoms with E-state index in [0.717, 1.165) is 11.3 Å². The molecule has 6 heteroatoms. The van der Waals surface area contributed by atoms with E-state index in [2.05, 4.69) is 0 Å². The molecular weight excluding hydrogens is 223 g/mol. The van der Waals surface area contributed by atoms with Crippen molar-refractivity contribution in [3.8, 4) is 0 Å². The minimum absolute atomic E-state index is 0.144. The van der Waals surface area contributed by atoms with Crippen molar-refractivity contribution in [2.45, 2.75) is 12.1 Å². The Morgan fingerprint density at radius 3 is 2.46 bits per heavy atom. The summed E-state index contributed by atoms with van der Waals surface area (Å²) in [6.07, 6.45) is -4.29. The summed E-state index contributed by atoms with van der Waals surface area (Å²) in [5.74, 6) is -1.60. The van der Waals surface area contributed by atoms with Crippen molar-refractivity contribution in [3.63, 3.8) is 0 Å². The average Bonchev–Trinajstić information content (AvgIpc) is 2.34. The van der Waals surface area contributed by atoms with Crippen molar-refractivity contribution in [3.05, 3.63) is 21.3 Å². The van der Waals surface area contributed by atoms with E-state index in [-0.39, 0.29) is 5.56 Å². The van der Waals surface area contributed by atoms with Gasteiger partial charge < -0.3 is 5.73 Å². The zero-order valence-electron chi connectivity index (χ0n) is 6.44. The van der Waals surface area contributed by atoms with E-state index >= 15 is 0 Å². The molecule has 1 aromatic rings. The number of halogens is 4. The van der Waals surface area contributed by atoms with Gasteiger partial charge in [0.05, 0.1) is 10.3 Å². The van der Waals surface area contributed by atoms with Gasteiger partial charge in [0.25, 0.3) is 0 Å². The molecule has 0 aliphatic heterocycles. The van der Waals surface area contributed by atoms with Gasteiger partial charge in [-0.3, -0.25) is 0 Å². The maximum absolute atomic E-state index is 12.3. The summed E-state index contributed by atoms with van der Waals surface area (Å²) in [6.45, 7) is -0.448. The van der Waals surface area contributed by atoms with Gasteiger partial charge >= 0.3 is 6.18 Å². The summed E-state index contributed by atoms with van der Waals surface area (Å²) in [7, 11) is 0. The highest BCUT2D eigenvalue weighted by Gasteiger charge is 2.39. The second-order valence-corrected chi connectivity index (χ2v) is 4.06. The Balaban J connectivity index is 2.91. The van der Waals surface area contributed by atoms with Crippen LogP contribution in [0.2, 0.25) is 4.34 Å². The van der Waals surface area contributed by atoms with Crippen LogP contribution in [0.5, 0.6) is 0 Å². The molecule has 1 nitrogen and oxygen atoms in total. The Hall–Kier alpha value is -0.260. The van der Waals surface area contributed by atoms with Crippen LogP contribution in [0.1, 0.15) is 11.5 Å². The molecule has 1 heterocycles. The molecule has 1 aromatic heterocycles. The number of rotatable bonds is 2. The van der Waals surface area contributed by atoms with E-state index in [1.165, 1.54) is 11.4 Å². The van der Waals surface area contributed by atoms with E-state index in [4.69, 9.17) is 17.3 Å². The topological polar surface area (TPSA) is 26.0 Å². The van der Waals surface area contributed by atoms with Gasteiger partial charge in [-0.1, -0.05) is 11.6 Å². The summed E-state index contributed by atoms with van der Waals surface area (Å²) in [6, 6.07) is 1.30. The van der Waals surface area contributed by atoms with Crippen molar-refractivity contribution in [1.29, 1.82) is 0 Å². The first kappa shape index (κ1) is 10.8. The minimum Gasteiger partial charge on any atom is -0.330 e. The minimum atomic E-state index is -4.29. The Bertz CT molecular complexity index is 284. The number of thiophene rings is 1. The highest BCUT2D eigenvalue weighted by atomic mass is 35.5. The predicted molar refractivity (Wildman–Crippen MR) is 47.2 cm³/mol. The Morgan fingerprint density at radius 1 is 1.54 bits per heavy atom. The number of hydrogen-bond donors (Lipinski definition) is 1. The normalized spacial score (nSPS) is 14.5. The third-order valence-corrected chi connectivity index (χ3v) is 2.73. The summed E-state index contributed by atoms with van der Waals surface area (Å²) < 4.78 is 37.2. The summed E-state index contributed by atoms with van der Waals surface area (Å²) >= 11 is 6.60. The molecule has 0 aliphatic rings. The second-order valence-electron chi connectivity index (χ2n) is 2.51. The predicted octanol–water partition coefficient (Wildman–Crippen LogP) is 3.01. The van der Waals surface area contributed by atoms with Gasteiger partial charge in [-0.25, -0.2) is 0 Å². The molecule has 0 aliphatic carbocycles. The van der Waals surface area contributed by atoms with Crippen LogP contribution in [0.25, 0.3) is 0 Å². The fourth-order valence-electron chi connectivity index (χ4n) is 0.965. The van der Waals surface area contributed by atoms with Crippen molar-refractivity contribution >= 4 is 22.9 Å². The van der Waals surface area contributed by atoms with E-state index in [1.807, 2.05) is 0 Å². The molecule has 0 saturated heterocycles. The number of hydrogen-bond acceptors (Lipinski definition) is 2. The molecule has 13 heavy (non-hydrogen) atoms. The molecule has 74 valence electrons. The molecule has 0 spiro atoms. The van der Waals surface area contributed by atoms with Gasteiger partial charge in [0, 0.05) is 6.54 Å². The molecule has 0 aromatic carbocycles. The molecule has 0 bridgehead atoms. The van der Waals surface area contributed by atoms with Gasteiger partial charge in [-0.15, -0.1) is 11.3 Å². The summed E-state index contributed by atoms with van der Waals surface area (Å²) in [5, 5.41) is 1.38. The molecule has 1 atom stereocenters. The lowest BCUT2D eigenvalue weighted by Gasteiger charge is -2.16. The van der Waals surface area contributed by atoms with Gasteiger partial charge in [-0.05, 0) is 17.0 Å². The lowest BCUT2D eigenvalue weighted by atomic mass is 10.0. The Morgan fingerprint density at radius 2 is 2.15 bits per heavy atom. The molecule has 2 N–H and O–H groups in total. The molecule has 0 amide bonds. The van der Waals surface area contributed by atoms with Crippen molar-refractivity contribution < 1.29 is 13.2 Å². The molecule has 0 fully saturated rings. The smallest absolute Gasteiger partial charge is 0.330 e. The van der Waals surface area contributed by atoms with Crippen molar-refractivity contribution in [1.82, 2.24) is 0 Å². The van der Waals surface area contributed by atoms with Crippen LogP contribution < -0.4 is 5.73 Å². The lowest BCUT2D eigenvalue weighted by molar-refractivity contribution is -0.148. The maximum Gasteiger partial charge on any atom is 0.396 e. The van der Waals surface area contributed by atoms with E-state index in [1.54, 1.807) is 0 Å². The van der Waals surface area contributed by atoms with Crippen LogP contribution in [0.3, 0.4) is 0 Å². The van der Waals surface area contributed by atoms with Crippen molar-refractivity contribution in [2.75, 3.05) is 6.54 Å². The monoisotopic (exact) mass is 229 g/mol. The standard InChI is InChI=1S/C7H7ClF3NS/c8-6-1-4(3-13-6)5(2-12)7(9,10)11/h1,3,5H,2,12H2. The van der Waals surface area contributed by atoms with Gasteiger partial charge in [-0.2, -0.15) is 13.2 Å². The fraction of sp³-hybridized carbons (Fsp3) is 0.429. The van der Waals surface area contributed by atoms with Gasteiger partial charge in [0.15, 0.2) is 0 Å². The van der Waals surface area contributed by atoms with E-state index in [0.29, 0.717) is 4.34 Å².